The molecular formula is C16H18FNO5S2. The van der Waals surface area contributed by atoms with Crippen LogP contribution in [0.1, 0.15) is 18.5 Å². The van der Waals surface area contributed by atoms with E-state index in [4.69, 9.17) is 4.74 Å². The van der Waals surface area contributed by atoms with E-state index in [0.29, 0.717) is 5.56 Å². The molecule has 1 atom stereocenters. The first-order chi connectivity index (χ1) is 11.5. The van der Waals surface area contributed by atoms with Crippen molar-refractivity contribution < 1.29 is 26.0 Å². The molecule has 1 unspecified atom stereocenters. The third-order valence-corrected chi connectivity index (χ3v) is 6.24. The molecule has 2 aromatic carbocycles. The Labute approximate surface area is 146 Å². The fourth-order valence-electron chi connectivity index (χ4n) is 2.19. The molecular weight excluding hydrogens is 369 g/mol. The van der Waals surface area contributed by atoms with Crippen LogP contribution in [0.5, 0.6) is 5.75 Å². The molecule has 9 heteroatoms. The molecule has 0 amide bonds. The molecule has 0 spiro atoms. The SMILES string of the molecule is COc1ccc(S(=O)(=O)NC(C)c2ccc(S(C)(=O)=O)cc2)cc1F. The van der Waals surface area contributed by atoms with Gasteiger partial charge in [-0.3, -0.25) is 0 Å². The summed E-state index contributed by atoms with van der Waals surface area (Å²) in [5.74, 6) is -0.834. The van der Waals surface area contributed by atoms with E-state index in [1.807, 2.05) is 0 Å². The second-order valence-electron chi connectivity index (χ2n) is 5.48. The summed E-state index contributed by atoms with van der Waals surface area (Å²) in [6.45, 7) is 1.60. The van der Waals surface area contributed by atoms with Crippen molar-refractivity contribution in [2.45, 2.75) is 22.8 Å². The third kappa shape index (κ3) is 4.56. The Hall–Kier alpha value is -1.97. The molecule has 0 heterocycles. The number of benzene rings is 2. The average Bonchev–Trinajstić information content (AvgIpc) is 2.53. The van der Waals surface area contributed by atoms with Gasteiger partial charge in [-0.25, -0.2) is 25.9 Å². The molecule has 2 aromatic rings. The van der Waals surface area contributed by atoms with Gasteiger partial charge in [0, 0.05) is 12.3 Å². The Morgan fingerprint density at radius 1 is 1.00 bits per heavy atom. The summed E-state index contributed by atoms with van der Waals surface area (Å²) in [6.07, 6.45) is 1.09. The highest BCUT2D eigenvalue weighted by atomic mass is 32.2. The topological polar surface area (TPSA) is 89.5 Å². The Balaban J connectivity index is 2.24. The molecule has 6 nitrogen and oxygen atoms in total. The fourth-order valence-corrected chi connectivity index (χ4v) is 4.06. The first-order valence-corrected chi connectivity index (χ1v) is 10.6. The average molecular weight is 387 g/mol. The van der Waals surface area contributed by atoms with Crippen LogP contribution in [-0.2, 0) is 19.9 Å². The standard InChI is InChI=1S/C16H18FNO5S2/c1-11(12-4-6-13(7-5-12)24(3,19)20)18-25(21,22)14-8-9-16(23-2)15(17)10-14/h4-11,18H,1-3H3. The van der Waals surface area contributed by atoms with Crippen molar-refractivity contribution in [1.82, 2.24) is 4.72 Å². The van der Waals surface area contributed by atoms with Gasteiger partial charge >= 0.3 is 0 Å². The lowest BCUT2D eigenvalue weighted by Crippen LogP contribution is -2.27. The molecule has 0 saturated heterocycles. The lowest BCUT2D eigenvalue weighted by molar-refractivity contribution is 0.385. The lowest BCUT2D eigenvalue weighted by Gasteiger charge is -2.15. The van der Waals surface area contributed by atoms with Gasteiger partial charge in [0.05, 0.1) is 16.9 Å². The van der Waals surface area contributed by atoms with Crippen LogP contribution in [0.15, 0.2) is 52.3 Å². The number of halogens is 1. The normalized spacial score (nSPS) is 13.4. The number of sulfonamides is 1. The van der Waals surface area contributed by atoms with Crippen molar-refractivity contribution in [3.63, 3.8) is 0 Å². The van der Waals surface area contributed by atoms with Gasteiger partial charge in [-0.15, -0.1) is 0 Å². The number of hydrogen-bond acceptors (Lipinski definition) is 5. The van der Waals surface area contributed by atoms with E-state index >= 15 is 0 Å². The Kier molecular flexibility index (Phi) is 5.50. The molecule has 0 fully saturated rings. The summed E-state index contributed by atoms with van der Waals surface area (Å²) in [4.78, 5) is -0.0889. The van der Waals surface area contributed by atoms with Crippen molar-refractivity contribution >= 4 is 19.9 Å². The van der Waals surface area contributed by atoms with Gasteiger partial charge in [0.1, 0.15) is 0 Å². The van der Waals surface area contributed by atoms with Gasteiger partial charge in [-0.2, -0.15) is 0 Å². The molecule has 0 aliphatic heterocycles. The minimum absolute atomic E-state index is 0.0524. The summed E-state index contributed by atoms with van der Waals surface area (Å²) >= 11 is 0. The van der Waals surface area contributed by atoms with Gasteiger partial charge in [-0.1, -0.05) is 12.1 Å². The van der Waals surface area contributed by atoms with Crippen LogP contribution in [0, 0.1) is 5.82 Å². The molecule has 1 N–H and O–H groups in total. The number of hydrogen-bond donors (Lipinski definition) is 1. The number of nitrogens with one attached hydrogen (secondary N) is 1. The minimum Gasteiger partial charge on any atom is -0.494 e. The molecule has 0 saturated carbocycles. The monoisotopic (exact) mass is 387 g/mol. The molecule has 136 valence electrons. The quantitative estimate of drug-likeness (QED) is 0.821. The van der Waals surface area contributed by atoms with E-state index in [9.17, 15) is 21.2 Å². The molecule has 25 heavy (non-hydrogen) atoms. The molecule has 0 aliphatic rings. The zero-order valence-corrected chi connectivity index (χ0v) is 15.5. The van der Waals surface area contributed by atoms with Gasteiger partial charge in [-0.05, 0) is 42.8 Å². The highest BCUT2D eigenvalue weighted by Crippen LogP contribution is 2.23. The largest absolute Gasteiger partial charge is 0.494 e. The second-order valence-corrected chi connectivity index (χ2v) is 9.21. The molecule has 2 rings (SSSR count). The molecule has 0 aliphatic carbocycles. The first-order valence-electron chi connectivity index (χ1n) is 7.20. The maximum Gasteiger partial charge on any atom is 0.241 e. The smallest absolute Gasteiger partial charge is 0.241 e. The van der Waals surface area contributed by atoms with Crippen molar-refractivity contribution in [3.8, 4) is 5.75 Å². The Morgan fingerprint density at radius 2 is 1.56 bits per heavy atom. The molecule has 0 aromatic heterocycles. The summed E-state index contributed by atoms with van der Waals surface area (Å²) in [6, 6.07) is 8.57. The number of rotatable bonds is 6. The fraction of sp³-hybridized carbons (Fsp3) is 0.250. The third-order valence-electron chi connectivity index (χ3n) is 3.57. The number of methoxy groups -OCH3 is 1. The summed E-state index contributed by atoms with van der Waals surface area (Å²) in [5, 5.41) is 0. The number of ether oxygens (including phenoxy) is 1. The minimum atomic E-state index is -3.96. The van der Waals surface area contributed by atoms with Crippen LogP contribution in [0.2, 0.25) is 0 Å². The van der Waals surface area contributed by atoms with Gasteiger partial charge < -0.3 is 4.74 Å². The lowest BCUT2D eigenvalue weighted by atomic mass is 10.1. The predicted molar refractivity (Wildman–Crippen MR) is 91.2 cm³/mol. The number of sulfone groups is 1. The molecule has 0 radical (unpaired) electrons. The van der Waals surface area contributed by atoms with Crippen LogP contribution in [0.25, 0.3) is 0 Å². The van der Waals surface area contributed by atoms with Crippen LogP contribution >= 0.6 is 0 Å². The van der Waals surface area contributed by atoms with Crippen molar-refractivity contribution in [2.75, 3.05) is 13.4 Å². The Morgan fingerprint density at radius 3 is 2.04 bits per heavy atom. The van der Waals surface area contributed by atoms with Crippen LogP contribution in [-0.4, -0.2) is 30.2 Å². The first kappa shape index (κ1) is 19.4. The summed E-state index contributed by atoms with van der Waals surface area (Å²) < 4.78 is 68.6. The van der Waals surface area contributed by atoms with E-state index in [1.54, 1.807) is 6.92 Å². The maximum atomic E-state index is 13.7. The van der Waals surface area contributed by atoms with Gasteiger partial charge in [0.25, 0.3) is 0 Å². The summed E-state index contributed by atoms with van der Waals surface area (Å²) in [7, 11) is -6.00. The zero-order valence-electron chi connectivity index (χ0n) is 13.9. The van der Waals surface area contributed by atoms with Crippen LogP contribution in [0.3, 0.4) is 0 Å². The van der Waals surface area contributed by atoms with Crippen LogP contribution in [0.4, 0.5) is 4.39 Å². The van der Waals surface area contributed by atoms with E-state index in [1.165, 1.54) is 43.5 Å². The van der Waals surface area contributed by atoms with Crippen molar-refractivity contribution in [1.29, 1.82) is 0 Å². The second kappa shape index (κ2) is 7.11. The van der Waals surface area contributed by atoms with Crippen molar-refractivity contribution in [3.05, 3.63) is 53.8 Å². The van der Waals surface area contributed by atoms with E-state index in [0.717, 1.165) is 12.3 Å². The van der Waals surface area contributed by atoms with E-state index in [-0.39, 0.29) is 15.5 Å². The summed E-state index contributed by atoms with van der Waals surface area (Å²) in [5.41, 5.74) is 0.574. The van der Waals surface area contributed by atoms with Crippen LogP contribution < -0.4 is 9.46 Å². The highest BCUT2D eigenvalue weighted by Gasteiger charge is 2.20. The van der Waals surface area contributed by atoms with E-state index in [2.05, 4.69) is 4.72 Å². The molecule has 0 bridgehead atoms. The Bertz CT molecular complexity index is 970. The van der Waals surface area contributed by atoms with Gasteiger partial charge in [0.15, 0.2) is 21.4 Å². The highest BCUT2D eigenvalue weighted by molar-refractivity contribution is 7.90. The van der Waals surface area contributed by atoms with Gasteiger partial charge in [0.2, 0.25) is 10.0 Å². The zero-order chi connectivity index (χ0) is 18.8. The van der Waals surface area contributed by atoms with Crippen molar-refractivity contribution in [2.24, 2.45) is 0 Å². The maximum absolute atomic E-state index is 13.7. The van der Waals surface area contributed by atoms with E-state index < -0.39 is 31.7 Å². The predicted octanol–water partition coefficient (Wildman–Crippen LogP) is 2.28.